The number of carbonyl (C=O) groups is 1. The van der Waals surface area contributed by atoms with Crippen molar-refractivity contribution in [1.29, 1.82) is 0 Å². The van der Waals surface area contributed by atoms with E-state index in [0.717, 1.165) is 59.2 Å². The van der Waals surface area contributed by atoms with E-state index in [1.807, 2.05) is 43.3 Å². The number of hydrogen-bond acceptors (Lipinski definition) is 7. The van der Waals surface area contributed by atoms with E-state index >= 15 is 0 Å². The van der Waals surface area contributed by atoms with E-state index in [9.17, 15) is 9.59 Å². The van der Waals surface area contributed by atoms with Gasteiger partial charge in [-0.3, -0.25) is 13.9 Å². The van der Waals surface area contributed by atoms with Gasteiger partial charge in [-0.1, -0.05) is 18.9 Å². The molecule has 4 aromatic rings. The molecule has 0 radical (unpaired) electrons. The van der Waals surface area contributed by atoms with Crippen LogP contribution < -0.4 is 27.8 Å². The van der Waals surface area contributed by atoms with Crippen molar-refractivity contribution in [2.75, 3.05) is 10.6 Å². The number of fused-ring (bicyclic) bond motifs is 1. The Kier molecular flexibility index (Phi) is 6.43. The van der Waals surface area contributed by atoms with Gasteiger partial charge in [0.05, 0.1) is 28.6 Å². The topological polar surface area (TPSA) is 146 Å². The van der Waals surface area contributed by atoms with E-state index in [1.165, 1.54) is 0 Å². The van der Waals surface area contributed by atoms with Gasteiger partial charge < -0.3 is 22.1 Å². The number of carbonyl (C=O) groups excluding carboxylic acids is 1. The molecule has 2 atom stereocenters. The summed E-state index contributed by atoms with van der Waals surface area (Å²) in [6, 6.07) is 11.8. The number of amides is 1. The number of benzene rings is 1. The standard InChI is InChI=1S/C27H32N8O2/c1-15-18(16-8-10-22-23(12-16)35(3)27(37)34(22)2)9-11-24(31-15)33-21-13-17(14-30-25(21)26(29)36)32-20-7-5-4-6-19(20)28/h8-14,19-20,32H,4-7,28H2,1-3H3,(H2,29,36)(H,31,33)/t19-,20+/m0/s1. The largest absolute Gasteiger partial charge is 0.379 e. The van der Waals surface area contributed by atoms with Gasteiger partial charge >= 0.3 is 5.69 Å². The number of nitrogens with zero attached hydrogens (tertiary/aromatic N) is 4. The lowest BCUT2D eigenvalue weighted by Crippen LogP contribution is -2.42. The van der Waals surface area contributed by atoms with E-state index in [4.69, 9.17) is 16.5 Å². The second-order valence-corrected chi connectivity index (χ2v) is 9.74. The quantitative estimate of drug-likeness (QED) is 0.318. The third-order valence-electron chi connectivity index (χ3n) is 7.22. The summed E-state index contributed by atoms with van der Waals surface area (Å²) in [6.07, 6.45) is 5.86. The molecule has 1 saturated carbocycles. The van der Waals surface area contributed by atoms with Gasteiger partial charge in [-0.25, -0.2) is 14.8 Å². The Bertz CT molecular complexity index is 1550. The summed E-state index contributed by atoms with van der Waals surface area (Å²) < 4.78 is 3.27. The molecule has 1 aromatic carbocycles. The molecule has 10 nitrogen and oxygen atoms in total. The van der Waals surface area contributed by atoms with Gasteiger partial charge in [-0.2, -0.15) is 0 Å². The fraction of sp³-hybridized carbons (Fsp3) is 0.333. The fourth-order valence-electron chi connectivity index (χ4n) is 5.14. The van der Waals surface area contributed by atoms with Crippen LogP contribution in [0.25, 0.3) is 22.2 Å². The SMILES string of the molecule is Cc1nc(Nc2cc(N[C@@H]3CCCC[C@@H]3N)cnc2C(N)=O)ccc1-c1ccc2c(c1)n(C)c(=O)n2C. The smallest absolute Gasteiger partial charge is 0.328 e. The van der Waals surface area contributed by atoms with E-state index in [-0.39, 0.29) is 23.5 Å². The molecule has 1 amide bonds. The minimum Gasteiger partial charge on any atom is -0.379 e. The van der Waals surface area contributed by atoms with Crippen molar-refractivity contribution in [2.45, 2.75) is 44.7 Å². The van der Waals surface area contributed by atoms with Crippen LogP contribution in [0.1, 0.15) is 41.9 Å². The summed E-state index contributed by atoms with van der Waals surface area (Å²) in [4.78, 5) is 33.4. The summed E-state index contributed by atoms with van der Waals surface area (Å²) >= 11 is 0. The van der Waals surface area contributed by atoms with Crippen molar-refractivity contribution >= 4 is 34.1 Å². The molecular weight excluding hydrogens is 468 g/mol. The highest BCUT2D eigenvalue weighted by atomic mass is 16.2. The van der Waals surface area contributed by atoms with Gasteiger partial charge in [0.2, 0.25) is 0 Å². The number of nitrogens with one attached hydrogen (secondary N) is 2. The average molecular weight is 501 g/mol. The lowest BCUT2D eigenvalue weighted by molar-refractivity contribution is 0.0996. The first-order valence-corrected chi connectivity index (χ1v) is 12.5. The third kappa shape index (κ3) is 4.67. The Balaban J connectivity index is 1.43. The Morgan fingerprint density at radius 3 is 2.54 bits per heavy atom. The first-order valence-electron chi connectivity index (χ1n) is 12.5. The summed E-state index contributed by atoms with van der Waals surface area (Å²) in [5.74, 6) is -0.0659. The van der Waals surface area contributed by atoms with Crippen molar-refractivity contribution in [1.82, 2.24) is 19.1 Å². The summed E-state index contributed by atoms with van der Waals surface area (Å²) in [7, 11) is 3.53. The number of aromatic nitrogens is 4. The minimum atomic E-state index is -0.626. The van der Waals surface area contributed by atoms with Crippen LogP contribution in [-0.2, 0) is 14.1 Å². The van der Waals surface area contributed by atoms with E-state index in [0.29, 0.717) is 11.5 Å². The Morgan fingerprint density at radius 1 is 1.05 bits per heavy atom. The molecule has 0 aliphatic heterocycles. The molecule has 10 heteroatoms. The summed E-state index contributed by atoms with van der Waals surface area (Å²) in [5.41, 5.74) is 17.6. The molecule has 0 saturated heterocycles. The minimum absolute atomic E-state index is 0.0670. The number of imidazole rings is 1. The number of anilines is 3. The van der Waals surface area contributed by atoms with E-state index in [2.05, 4.69) is 15.6 Å². The van der Waals surface area contributed by atoms with Crippen molar-refractivity contribution in [3.05, 3.63) is 64.5 Å². The maximum Gasteiger partial charge on any atom is 0.328 e. The van der Waals surface area contributed by atoms with E-state index < -0.39 is 5.91 Å². The number of hydrogen-bond donors (Lipinski definition) is 4. The van der Waals surface area contributed by atoms with Crippen LogP contribution in [-0.4, -0.2) is 37.1 Å². The first kappa shape index (κ1) is 24.5. The van der Waals surface area contributed by atoms with Crippen LogP contribution in [0.5, 0.6) is 0 Å². The van der Waals surface area contributed by atoms with Gasteiger partial charge in [0.1, 0.15) is 5.82 Å². The highest BCUT2D eigenvalue weighted by Crippen LogP contribution is 2.29. The molecule has 3 heterocycles. The highest BCUT2D eigenvalue weighted by Gasteiger charge is 2.22. The zero-order chi connectivity index (χ0) is 26.3. The maximum atomic E-state index is 12.3. The molecular formula is C27H32N8O2. The monoisotopic (exact) mass is 500 g/mol. The number of pyridine rings is 2. The van der Waals surface area contributed by atoms with Crippen molar-refractivity contribution in [3.8, 4) is 11.1 Å². The molecule has 1 fully saturated rings. The Hall–Kier alpha value is -4.18. The van der Waals surface area contributed by atoms with Crippen LogP contribution in [0.15, 0.2) is 47.4 Å². The Morgan fingerprint density at radius 2 is 1.81 bits per heavy atom. The van der Waals surface area contributed by atoms with Crippen LogP contribution in [0.4, 0.5) is 17.2 Å². The zero-order valence-electron chi connectivity index (χ0n) is 21.3. The van der Waals surface area contributed by atoms with Crippen molar-refractivity contribution < 1.29 is 4.79 Å². The number of aryl methyl sites for hydroxylation is 3. The molecule has 37 heavy (non-hydrogen) atoms. The molecule has 0 spiro atoms. The molecule has 0 unspecified atom stereocenters. The molecule has 192 valence electrons. The number of primary amides is 1. The predicted octanol–water partition coefficient (Wildman–Crippen LogP) is 3.17. The first-order chi connectivity index (χ1) is 17.7. The second-order valence-electron chi connectivity index (χ2n) is 9.74. The molecule has 6 N–H and O–H groups in total. The van der Waals surface area contributed by atoms with Gasteiger partial charge in [-0.15, -0.1) is 0 Å². The van der Waals surface area contributed by atoms with E-state index in [1.54, 1.807) is 29.4 Å². The van der Waals surface area contributed by atoms with Crippen molar-refractivity contribution in [2.24, 2.45) is 25.6 Å². The van der Waals surface area contributed by atoms with Crippen LogP contribution in [0, 0.1) is 6.92 Å². The van der Waals surface area contributed by atoms with Crippen LogP contribution >= 0.6 is 0 Å². The maximum absolute atomic E-state index is 12.3. The molecule has 1 aliphatic rings. The van der Waals surface area contributed by atoms with Crippen LogP contribution in [0.2, 0.25) is 0 Å². The zero-order valence-corrected chi connectivity index (χ0v) is 21.3. The van der Waals surface area contributed by atoms with Crippen LogP contribution in [0.3, 0.4) is 0 Å². The molecule has 1 aliphatic carbocycles. The van der Waals surface area contributed by atoms with Gasteiger partial charge in [0, 0.05) is 37.4 Å². The molecule has 0 bridgehead atoms. The second kappa shape index (κ2) is 9.70. The highest BCUT2D eigenvalue weighted by molar-refractivity contribution is 5.97. The van der Waals surface area contributed by atoms with Gasteiger partial charge in [0.25, 0.3) is 5.91 Å². The Labute approximate surface area is 214 Å². The third-order valence-corrected chi connectivity index (χ3v) is 7.22. The van der Waals surface area contributed by atoms with Gasteiger partial charge in [-0.05, 0) is 55.7 Å². The molecule has 5 rings (SSSR count). The normalized spacial score (nSPS) is 17.6. The number of rotatable bonds is 6. The summed E-state index contributed by atoms with van der Waals surface area (Å²) in [5, 5.41) is 6.68. The fourth-order valence-corrected chi connectivity index (χ4v) is 5.14. The van der Waals surface area contributed by atoms with Crippen molar-refractivity contribution in [3.63, 3.8) is 0 Å². The lowest BCUT2D eigenvalue weighted by atomic mass is 9.91. The molecule has 3 aromatic heterocycles. The summed E-state index contributed by atoms with van der Waals surface area (Å²) in [6.45, 7) is 1.92. The lowest BCUT2D eigenvalue weighted by Gasteiger charge is -2.30. The predicted molar refractivity (Wildman–Crippen MR) is 146 cm³/mol. The number of nitrogens with two attached hydrogens (primary N) is 2. The average Bonchev–Trinajstić information content (AvgIpc) is 3.09. The van der Waals surface area contributed by atoms with Gasteiger partial charge in [0.15, 0.2) is 5.69 Å².